The van der Waals surface area contributed by atoms with E-state index in [-0.39, 0.29) is 5.04 Å². The fourth-order valence-corrected chi connectivity index (χ4v) is 5.19. The second kappa shape index (κ2) is 4.78. The van der Waals surface area contributed by atoms with E-state index in [1.807, 2.05) is 6.07 Å². The Balaban J connectivity index is 2.15. The van der Waals surface area contributed by atoms with E-state index in [1.165, 1.54) is 5.56 Å². The zero-order valence-corrected chi connectivity index (χ0v) is 13.7. The summed E-state index contributed by atoms with van der Waals surface area (Å²) in [6.45, 7) is 11.4. The van der Waals surface area contributed by atoms with Gasteiger partial charge in [0.15, 0.2) is 5.91 Å². The zero-order valence-electron chi connectivity index (χ0n) is 12.7. The van der Waals surface area contributed by atoms with Crippen LogP contribution in [0.25, 0.3) is 0 Å². The second-order valence-corrected chi connectivity index (χ2v) is 12.2. The number of rotatable bonds is 3. The van der Waals surface area contributed by atoms with Gasteiger partial charge in [-0.3, -0.25) is 4.79 Å². The van der Waals surface area contributed by atoms with Gasteiger partial charge < -0.3 is 4.57 Å². The number of benzene rings is 1. The Bertz CT molecular complexity index is 461. The maximum absolute atomic E-state index is 12.1. The van der Waals surface area contributed by atoms with E-state index >= 15 is 0 Å². The fourth-order valence-electron chi connectivity index (χ4n) is 2.66. The maximum atomic E-state index is 12.1. The predicted molar refractivity (Wildman–Crippen MR) is 82.6 cm³/mol. The normalized spacial score (nSPS) is 20.4. The van der Waals surface area contributed by atoms with Crippen LogP contribution in [0.1, 0.15) is 32.8 Å². The largest absolute Gasteiger partial charge is 0.491 e. The van der Waals surface area contributed by atoms with Crippen LogP contribution in [0.5, 0.6) is 0 Å². The molecule has 1 aliphatic rings. The molecule has 1 heterocycles. The van der Waals surface area contributed by atoms with Gasteiger partial charge in [-0.1, -0.05) is 51.1 Å². The molecule has 1 fully saturated rings. The van der Waals surface area contributed by atoms with Crippen LogP contribution in [0.4, 0.5) is 0 Å². The van der Waals surface area contributed by atoms with Gasteiger partial charge in [-0.05, 0) is 20.2 Å². The number of β-lactam (4-membered cyclic amide) rings is 1. The average Bonchev–Trinajstić information content (AvgIpc) is 2.27. The lowest BCUT2D eigenvalue weighted by molar-refractivity contribution is -0.138. The molecule has 0 unspecified atom stereocenters. The first-order valence-electron chi connectivity index (χ1n) is 7.09. The molecule has 0 aromatic heterocycles. The molecule has 1 aliphatic heterocycles. The molecule has 19 heavy (non-hydrogen) atoms. The first kappa shape index (κ1) is 14.3. The van der Waals surface area contributed by atoms with E-state index in [9.17, 15) is 4.79 Å². The van der Waals surface area contributed by atoms with E-state index in [0.717, 1.165) is 12.8 Å². The Labute approximate surface area is 117 Å². The van der Waals surface area contributed by atoms with Crippen molar-refractivity contribution >= 4 is 14.1 Å². The minimum atomic E-state index is -1.72. The Morgan fingerprint density at radius 3 is 2.26 bits per heavy atom. The number of carbonyl (C=O) groups excluding carboxylic acids is 1. The first-order valence-corrected chi connectivity index (χ1v) is 10.0. The van der Waals surface area contributed by atoms with E-state index in [0.29, 0.717) is 11.9 Å². The van der Waals surface area contributed by atoms with Crippen molar-refractivity contribution in [2.45, 2.75) is 57.8 Å². The summed E-state index contributed by atoms with van der Waals surface area (Å²) in [5.74, 6) is 0.354. The summed E-state index contributed by atoms with van der Waals surface area (Å²) in [5.41, 5.74) is 1.34. The summed E-state index contributed by atoms with van der Waals surface area (Å²) in [7, 11) is -1.72. The van der Waals surface area contributed by atoms with E-state index in [1.54, 1.807) is 0 Å². The van der Waals surface area contributed by atoms with Crippen LogP contribution in [0.15, 0.2) is 30.3 Å². The van der Waals surface area contributed by atoms with Crippen LogP contribution in [-0.2, 0) is 11.2 Å². The van der Waals surface area contributed by atoms with E-state index in [2.05, 4.69) is 62.7 Å². The molecule has 1 saturated heterocycles. The molecule has 0 radical (unpaired) electrons. The maximum Gasteiger partial charge on any atom is 0.189 e. The van der Waals surface area contributed by atoms with Crippen LogP contribution in [0.3, 0.4) is 0 Å². The molecule has 105 valence electrons. The van der Waals surface area contributed by atoms with Gasteiger partial charge in [0.25, 0.3) is 0 Å². The van der Waals surface area contributed by atoms with Gasteiger partial charge in [-0.2, -0.15) is 13.1 Å². The van der Waals surface area contributed by atoms with Gasteiger partial charge in [0.05, 0.1) is 0 Å². The minimum Gasteiger partial charge on any atom is -0.491 e. The number of amides is 1. The lowest BCUT2D eigenvalue weighted by Crippen LogP contribution is -2.68. The van der Waals surface area contributed by atoms with E-state index in [4.69, 9.17) is 0 Å². The highest BCUT2D eigenvalue weighted by molar-refractivity contribution is 6.79. The molecule has 2 rings (SSSR count). The molecule has 0 spiro atoms. The highest BCUT2D eigenvalue weighted by atomic mass is 28.3. The molecule has 2 nitrogen and oxygen atoms in total. The molecule has 0 bridgehead atoms. The summed E-state index contributed by atoms with van der Waals surface area (Å²) in [4.78, 5) is 12.1. The molecular formula is C16H25NOSi-. The van der Waals surface area contributed by atoms with Crippen molar-refractivity contribution in [3.05, 3.63) is 35.9 Å². The van der Waals surface area contributed by atoms with Crippen LogP contribution >= 0.6 is 0 Å². The van der Waals surface area contributed by atoms with Gasteiger partial charge >= 0.3 is 0 Å². The van der Waals surface area contributed by atoms with Crippen molar-refractivity contribution in [3.8, 4) is 0 Å². The monoisotopic (exact) mass is 275 g/mol. The average molecular weight is 275 g/mol. The Hall–Kier alpha value is -1.09. The fraction of sp³-hybridized carbons (Fsp3) is 0.562. The summed E-state index contributed by atoms with van der Waals surface area (Å²) in [5, 5.41) is 0.220. The van der Waals surface area contributed by atoms with Crippen molar-refractivity contribution in [1.82, 2.24) is 4.57 Å². The van der Waals surface area contributed by atoms with Gasteiger partial charge in [0.2, 0.25) is 0 Å². The molecule has 1 amide bonds. The number of carbonyl (C=O) groups is 1. The van der Waals surface area contributed by atoms with Crippen molar-refractivity contribution in [3.63, 3.8) is 0 Å². The predicted octanol–water partition coefficient (Wildman–Crippen LogP) is 3.84. The van der Waals surface area contributed by atoms with Crippen LogP contribution in [-0.4, -0.2) is 24.7 Å². The Morgan fingerprint density at radius 1 is 1.21 bits per heavy atom. The van der Waals surface area contributed by atoms with Gasteiger partial charge in [-0.15, -0.1) is 5.04 Å². The molecule has 0 aliphatic carbocycles. The third-order valence-electron chi connectivity index (χ3n) is 4.80. The summed E-state index contributed by atoms with van der Waals surface area (Å²) in [6, 6.07) is 10.9. The lowest BCUT2D eigenvalue weighted by Gasteiger charge is -2.65. The first-order chi connectivity index (χ1) is 8.73. The Morgan fingerprint density at radius 2 is 1.79 bits per heavy atom. The molecular weight excluding hydrogens is 250 g/mol. The van der Waals surface area contributed by atoms with Gasteiger partial charge in [0.1, 0.15) is 0 Å². The van der Waals surface area contributed by atoms with E-state index < -0.39 is 8.24 Å². The summed E-state index contributed by atoms with van der Waals surface area (Å²) >= 11 is 0. The second-order valence-electron chi connectivity index (χ2n) is 7.12. The zero-order chi connectivity index (χ0) is 14.3. The summed E-state index contributed by atoms with van der Waals surface area (Å²) < 4.78 is 2.24. The third kappa shape index (κ3) is 2.61. The Kier molecular flexibility index (Phi) is 3.60. The number of hydrogen-bond acceptors (Lipinski definition) is 1. The summed E-state index contributed by atoms with van der Waals surface area (Å²) in [6.07, 6.45) is 1.72. The molecule has 1 aromatic carbocycles. The SMILES string of the molecule is CC(C)(C)[Si-](C)(C)N1C(=O)C[C@H]1Cc1ccccc1. The molecule has 1 aromatic rings. The number of hydrogen-bond donors (Lipinski definition) is 0. The van der Waals surface area contributed by atoms with Crippen molar-refractivity contribution < 1.29 is 4.79 Å². The molecule has 1 atom stereocenters. The molecule has 0 saturated carbocycles. The van der Waals surface area contributed by atoms with Crippen LogP contribution in [0.2, 0.25) is 18.1 Å². The topological polar surface area (TPSA) is 20.3 Å². The quantitative estimate of drug-likeness (QED) is 0.606. The van der Waals surface area contributed by atoms with Crippen molar-refractivity contribution in [1.29, 1.82) is 0 Å². The van der Waals surface area contributed by atoms with Gasteiger partial charge in [0, 0.05) is 12.5 Å². The van der Waals surface area contributed by atoms with Crippen molar-refractivity contribution in [2.75, 3.05) is 0 Å². The lowest BCUT2D eigenvalue weighted by atomic mass is 9.97. The van der Waals surface area contributed by atoms with Crippen LogP contribution < -0.4 is 0 Å². The molecule has 0 N–H and O–H groups in total. The van der Waals surface area contributed by atoms with Crippen molar-refractivity contribution in [2.24, 2.45) is 0 Å². The van der Waals surface area contributed by atoms with Crippen LogP contribution in [0, 0.1) is 0 Å². The standard InChI is InChI=1S/C16H25NOSi/c1-16(2,3)19(4,5)17-14(12-15(17)18)11-13-9-7-6-8-10-13/h6-10,14H,11-12H2,1-5H3/q-1/t14-/m1/s1. The molecule has 3 heteroatoms. The highest BCUT2D eigenvalue weighted by Crippen LogP contribution is 2.43. The van der Waals surface area contributed by atoms with Gasteiger partial charge in [-0.25, -0.2) is 0 Å². The smallest absolute Gasteiger partial charge is 0.189 e. The highest BCUT2D eigenvalue weighted by Gasteiger charge is 2.42. The minimum absolute atomic E-state index is 0.220. The third-order valence-corrected chi connectivity index (χ3v) is 10.3. The number of nitrogens with zero attached hydrogens (tertiary/aromatic N) is 1.